The molecule has 0 aliphatic rings. The Kier molecular flexibility index (Phi) is 4.13. The fraction of sp³-hybridized carbons (Fsp3) is 0.625. The van der Waals surface area contributed by atoms with Gasteiger partial charge in [0.25, 0.3) is 0 Å². The summed E-state index contributed by atoms with van der Waals surface area (Å²) in [7, 11) is -3.79. The van der Waals surface area contributed by atoms with Gasteiger partial charge in [0.05, 0.1) is 5.25 Å². The molecule has 0 aliphatic heterocycles. The van der Waals surface area contributed by atoms with Gasteiger partial charge in [-0.2, -0.15) is 8.42 Å². The van der Waals surface area contributed by atoms with Crippen LogP contribution < -0.4 is 0 Å². The van der Waals surface area contributed by atoms with Gasteiger partial charge in [-0.05, 0) is 12.8 Å². The highest BCUT2D eigenvalue weighted by Gasteiger charge is 2.26. The summed E-state index contributed by atoms with van der Waals surface area (Å²) in [5.41, 5.74) is 0. The van der Waals surface area contributed by atoms with Crippen LogP contribution in [0.5, 0.6) is 0 Å². The summed E-state index contributed by atoms with van der Waals surface area (Å²) in [4.78, 5) is 10.6. The van der Waals surface area contributed by atoms with Crippen molar-refractivity contribution in [1.29, 1.82) is 0 Å². The van der Waals surface area contributed by atoms with Crippen molar-refractivity contribution in [3.05, 3.63) is 12.7 Å². The zero-order valence-corrected chi connectivity index (χ0v) is 8.80. The lowest BCUT2D eigenvalue weighted by Crippen LogP contribution is -2.27. The van der Waals surface area contributed by atoms with Crippen LogP contribution in [0.4, 0.5) is 0 Å². The third kappa shape index (κ3) is 3.59. The fourth-order valence-electron chi connectivity index (χ4n) is 0.558. The molecule has 0 spiro atoms. The minimum Gasteiger partial charge on any atom is -0.342 e. The van der Waals surface area contributed by atoms with E-state index in [4.69, 9.17) is 0 Å². The van der Waals surface area contributed by atoms with Crippen molar-refractivity contribution in [2.75, 3.05) is 0 Å². The van der Waals surface area contributed by atoms with Gasteiger partial charge in [0.15, 0.2) is 0 Å². The van der Waals surface area contributed by atoms with E-state index < -0.39 is 21.3 Å². The maximum Gasteiger partial charge on any atom is 0.345 e. The van der Waals surface area contributed by atoms with Crippen molar-refractivity contribution >= 4 is 16.1 Å². The number of carbonyl (C=O) groups excluding carboxylic acids is 1. The summed E-state index contributed by atoms with van der Waals surface area (Å²) in [5.74, 6) is -1.03. The Bertz CT molecular complexity index is 289. The predicted octanol–water partition coefficient (Wildman–Crippen LogP) is 1.09. The molecule has 0 bridgehead atoms. The maximum absolute atomic E-state index is 11.3. The van der Waals surface area contributed by atoms with Crippen LogP contribution in [0.2, 0.25) is 0 Å². The summed E-state index contributed by atoms with van der Waals surface area (Å²) in [5, 5.41) is -0.698. The molecule has 0 fully saturated rings. The molecule has 4 nitrogen and oxygen atoms in total. The summed E-state index contributed by atoms with van der Waals surface area (Å²) < 4.78 is 26.7. The standard InChI is InChI=1S/C8H14O4S/c1-5-8(9)12-13(10,11)7(4)6(2)3/h5-7H,1H2,2-4H3. The van der Waals surface area contributed by atoms with E-state index >= 15 is 0 Å². The average molecular weight is 206 g/mol. The van der Waals surface area contributed by atoms with E-state index in [0.717, 1.165) is 6.08 Å². The number of hydrogen-bond acceptors (Lipinski definition) is 4. The van der Waals surface area contributed by atoms with Crippen molar-refractivity contribution < 1.29 is 17.4 Å². The van der Waals surface area contributed by atoms with Gasteiger partial charge in [-0.3, -0.25) is 0 Å². The first-order chi connectivity index (χ1) is 5.81. The van der Waals surface area contributed by atoms with Crippen molar-refractivity contribution in [2.45, 2.75) is 26.0 Å². The van der Waals surface area contributed by atoms with E-state index in [9.17, 15) is 13.2 Å². The predicted molar refractivity (Wildman–Crippen MR) is 49.5 cm³/mol. The summed E-state index contributed by atoms with van der Waals surface area (Å²) in [6.45, 7) is 8.09. The molecule has 1 atom stereocenters. The third-order valence-corrected chi connectivity index (χ3v) is 3.61. The lowest BCUT2D eigenvalue weighted by molar-refractivity contribution is -0.128. The molecular formula is C8H14O4S. The lowest BCUT2D eigenvalue weighted by Gasteiger charge is -2.14. The Morgan fingerprint density at radius 3 is 2.15 bits per heavy atom. The van der Waals surface area contributed by atoms with Crippen LogP contribution in [0.15, 0.2) is 12.7 Å². The maximum atomic E-state index is 11.3. The molecule has 0 aromatic carbocycles. The average Bonchev–Trinajstić information content (AvgIpc) is 2.01. The van der Waals surface area contributed by atoms with E-state index in [0.29, 0.717) is 0 Å². The van der Waals surface area contributed by atoms with Gasteiger partial charge >= 0.3 is 16.1 Å². The smallest absolute Gasteiger partial charge is 0.342 e. The first kappa shape index (κ1) is 12.2. The molecule has 0 heterocycles. The lowest BCUT2D eigenvalue weighted by atomic mass is 10.2. The minimum atomic E-state index is -3.79. The molecule has 0 rings (SSSR count). The second kappa shape index (κ2) is 4.41. The largest absolute Gasteiger partial charge is 0.345 e. The first-order valence-electron chi connectivity index (χ1n) is 3.91. The van der Waals surface area contributed by atoms with E-state index in [2.05, 4.69) is 10.8 Å². The Morgan fingerprint density at radius 1 is 1.38 bits per heavy atom. The molecule has 0 saturated carbocycles. The SMILES string of the molecule is C=CC(=O)OS(=O)(=O)C(C)C(C)C. The molecule has 0 N–H and O–H groups in total. The normalized spacial score (nSPS) is 13.8. The summed E-state index contributed by atoms with van der Waals surface area (Å²) in [6, 6.07) is 0. The summed E-state index contributed by atoms with van der Waals surface area (Å²) in [6.07, 6.45) is 0.824. The zero-order chi connectivity index (χ0) is 10.6. The Morgan fingerprint density at radius 2 is 1.85 bits per heavy atom. The van der Waals surface area contributed by atoms with Gasteiger partial charge in [0, 0.05) is 6.08 Å². The van der Waals surface area contributed by atoms with Crippen LogP contribution in [-0.4, -0.2) is 19.6 Å². The van der Waals surface area contributed by atoms with Gasteiger partial charge in [-0.25, -0.2) is 4.79 Å². The Labute approximate surface area is 78.7 Å². The van der Waals surface area contributed by atoms with Gasteiger partial charge in [-0.15, -0.1) is 0 Å². The Balaban J connectivity index is 4.59. The quantitative estimate of drug-likeness (QED) is 0.510. The Hall–Kier alpha value is -0.840. The van der Waals surface area contributed by atoms with E-state index in [-0.39, 0.29) is 5.92 Å². The number of carbonyl (C=O) groups is 1. The van der Waals surface area contributed by atoms with E-state index in [1.165, 1.54) is 6.92 Å². The molecule has 0 aromatic rings. The summed E-state index contributed by atoms with van der Waals surface area (Å²) >= 11 is 0. The first-order valence-corrected chi connectivity index (χ1v) is 5.38. The molecule has 0 radical (unpaired) electrons. The van der Waals surface area contributed by atoms with Crippen LogP contribution in [0, 0.1) is 5.92 Å². The molecule has 0 saturated heterocycles. The van der Waals surface area contributed by atoms with E-state index in [1.807, 2.05) is 0 Å². The van der Waals surface area contributed by atoms with Gasteiger partial charge in [0.1, 0.15) is 0 Å². The van der Waals surface area contributed by atoms with E-state index in [1.54, 1.807) is 13.8 Å². The monoisotopic (exact) mass is 206 g/mol. The number of rotatable bonds is 4. The second-order valence-electron chi connectivity index (χ2n) is 3.05. The van der Waals surface area contributed by atoms with Crippen LogP contribution in [-0.2, 0) is 19.1 Å². The molecule has 76 valence electrons. The van der Waals surface area contributed by atoms with Crippen molar-refractivity contribution in [3.8, 4) is 0 Å². The van der Waals surface area contributed by atoms with Gasteiger partial charge in [-0.1, -0.05) is 20.4 Å². The minimum absolute atomic E-state index is 0.0948. The van der Waals surface area contributed by atoms with Crippen LogP contribution in [0.25, 0.3) is 0 Å². The van der Waals surface area contributed by atoms with Gasteiger partial charge in [0.2, 0.25) is 0 Å². The molecule has 13 heavy (non-hydrogen) atoms. The second-order valence-corrected chi connectivity index (χ2v) is 4.94. The van der Waals surface area contributed by atoms with Crippen LogP contribution in [0.3, 0.4) is 0 Å². The van der Waals surface area contributed by atoms with Crippen molar-refractivity contribution in [3.63, 3.8) is 0 Å². The number of hydrogen-bond donors (Lipinski definition) is 0. The highest BCUT2D eigenvalue weighted by atomic mass is 32.2. The molecule has 0 amide bonds. The van der Waals surface area contributed by atoms with Crippen LogP contribution in [0.1, 0.15) is 20.8 Å². The highest BCUT2D eigenvalue weighted by molar-refractivity contribution is 7.87. The van der Waals surface area contributed by atoms with Crippen molar-refractivity contribution in [1.82, 2.24) is 0 Å². The van der Waals surface area contributed by atoms with Crippen LogP contribution >= 0.6 is 0 Å². The third-order valence-electron chi connectivity index (χ3n) is 1.76. The highest BCUT2D eigenvalue weighted by Crippen LogP contribution is 2.13. The molecule has 1 unspecified atom stereocenters. The zero-order valence-electron chi connectivity index (χ0n) is 7.98. The topological polar surface area (TPSA) is 60.4 Å². The molecule has 0 aliphatic carbocycles. The molecule has 0 aromatic heterocycles. The van der Waals surface area contributed by atoms with Gasteiger partial charge < -0.3 is 4.18 Å². The fourth-order valence-corrected chi connectivity index (χ4v) is 1.67. The molecule has 5 heteroatoms. The molecular weight excluding hydrogens is 192 g/mol. The van der Waals surface area contributed by atoms with Crippen molar-refractivity contribution in [2.24, 2.45) is 5.92 Å².